The third-order valence-corrected chi connectivity index (χ3v) is 5.29. The molecule has 6 heteroatoms. The Labute approximate surface area is 157 Å². The van der Waals surface area contributed by atoms with Gasteiger partial charge in [0.15, 0.2) is 5.78 Å². The van der Waals surface area contributed by atoms with Gasteiger partial charge in [0, 0.05) is 5.56 Å². The molecule has 138 valence electrons. The minimum atomic E-state index is -4.47. The number of aryl methyl sites for hydroxylation is 1. The maximum Gasteiger partial charge on any atom is 0.295 e. The lowest BCUT2D eigenvalue weighted by atomic mass is 9.85. The van der Waals surface area contributed by atoms with Crippen molar-refractivity contribution in [3.05, 3.63) is 88.5 Å². The Hall–Kier alpha value is -2.96. The average molecular weight is 382 g/mol. The summed E-state index contributed by atoms with van der Waals surface area (Å²) >= 11 is 0. The Morgan fingerprint density at radius 2 is 1.67 bits per heavy atom. The fraction of sp³-hybridized carbons (Fsp3) is 0.0952. The van der Waals surface area contributed by atoms with Gasteiger partial charge in [-0.25, -0.2) is 0 Å². The van der Waals surface area contributed by atoms with E-state index in [-0.39, 0.29) is 16.4 Å². The van der Waals surface area contributed by atoms with E-state index in [4.69, 9.17) is 0 Å². The van der Waals surface area contributed by atoms with Gasteiger partial charge in [0.1, 0.15) is 10.6 Å². The van der Waals surface area contributed by atoms with Crippen LogP contribution in [-0.4, -0.2) is 23.9 Å². The molecule has 2 aromatic rings. The summed E-state index contributed by atoms with van der Waals surface area (Å²) in [5.41, 5.74) is 3.62. The molecule has 0 fully saturated rings. The zero-order valence-corrected chi connectivity index (χ0v) is 15.6. The van der Waals surface area contributed by atoms with Gasteiger partial charge in [-0.2, -0.15) is 8.42 Å². The maximum atomic E-state index is 12.0. The number of benzene rings is 2. The largest absolute Gasteiger partial charge is 0.508 e. The van der Waals surface area contributed by atoms with Crippen molar-refractivity contribution in [2.24, 2.45) is 0 Å². The van der Waals surface area contributed by atoms with Gasteiger partial charge < -0.3 is 5.11 Å². The van der Waals surface area contributed by atoms with E-state index in [9.17, 15) is 22.9 Å². The molecule has 1 aliphatic carbocycles. The molecule has 0 bridgehead atoms. The van der Waals surface area contributed by atoms with E-state index in [0.717, 1.165) is 5.56 Å². The number of carbonyl (C=O) groups excluding carboxylic acids is 1. The Bertz CT molecular complexity index is 1130. The van der Waals surface area contributed by atoms with Crippen molar-refractivity contribution in [2.45, 2.75) is 18.7 Å². The van der Waals surface area contributed by atoms with Crippen LogP contribution in [-0.2, 0) is 14.9 Å². The molecule has 2 aromatic carbocycles. The highest BCUT2D eigenvalue weighted by Gasteiger charge is 2.23. The smallest absolute Gasteiger partial charge is 0.295 e. The standard InChI is InChI=1S/C21H18O5S/c1-13-11-15(22)7-9-17(13)21(18-10-8-16(23)12-14(18)2)19-5-3-4-6-20(19)27(24,25)26/h3-12,22H,1-2H3,(H,24,25,26). The second kappa shape index (κ2) is 6.98. The Balaban J connectivity index is 2.44. The van der Waals surface area contributed by atoms with Crippen LogP contribution < -0.4 is 0 Å². The van der Waals surface area contributed by atoms with Crippen LogP contribution in [0.15, 0.2) is 76.7 Å². The van der Waals surface area contributed by atoms with Crippen molar-refractivity contribution in [3.63, 3.8) is 0 Å². The topological polar surface area (TPSA) is 91.7 Å². The Morgan fingerprint density at radius 1 is 0.963 bits per heavy atom. The van der Waals surface area contributed by atoms with Crippen molar-refractivity contribution in [1.82, 2.24) is 0 Å². The van der Waals surface area contributed by atoms with Gasteiger partial charge in [-0.1, -0.05) is 30.3 Å². The third kappa shape index (κ3) is 3.77. The quantitative estimate of drug-likeness (QED) is 0.787. The van der Waals surface area contributed by atoms with Gasteiger partial charge in [-0.05, 0) is 72.0 Å². The predicted molar refractivity (Wildman–Crippen MR) is 103 cm³/mol. The second-order valence-corrected chi connectivity index (χ2v) is 7.71. The first-order valence-corrected chi connectivity index (χ1v) is 9.64. The third-order valence-electron chi connectivity index (χ3n) is 4.38. The van der Waals surface area contributed by atoms with Crippen LogP contribution in [0.3, 0.4) is 0 Å². The molecule has 0 aromatic heterocycles. The van der Waals surface area contributed by atoms with Crippen LogP contribution in [0.25, 0.3) is 5.57 Å². The lowest BCUT2D eigenvalue weighted by Gasteiger charge is -2.20. The van der Waals surface area contributed by atoms with E-state index in [1.165, 1.54) is 30.4 Å². The molecule has 5 nitrogen and oxygen atoms in total. The van der Waals surface area contributed by atoms with Crippen LogP contribution in [0.4, 0.5) is 0 Å². The summed E-state index contributed by atoms with van der Waals surface area (Å²) in [4.78, 5) is 11.5. The SMILES string of the molecule is CC1=CC(=O)C=CC1=C(c1ccc(O)cc1C)c1ccccc1S(=O)(=O)O. The molecule has 0 atom stereocenters. The van der Waals surface area contributed by atoms with E-state index < -0.39 is 10.1 Å². The van der Waals surface area contributed by atoms with Crippen LogP contribution >= 0.6 is 0 Å². The molecule has 0 heterocycles. The predicted octanol–water partition coefficient (Wildman–Crippen LogP) is 3.83. The number of carbonyl (C=O) groups is 1. The summed E-state index contributed by atoms with van der Waals surface area (Å²) in [5.74, 6) is -0.0635. The highest BCUT2D eigenvalue weighted by atomic mass is 32.2. The number of allylic oxidation sites excluding steroid dienone is 5. The zero-order valence-electron chi connectivity index (χ0n) is 14.8. The molecule has 27 heavy (non-hydrogen) atoms. The van der Waals surface area contributed by atoms with E-state index in [1.807, 2.05) is 0 Å². The number of hydrogen-bond acceptors (Lipinski definition) is 4. The molecule has 2 N–H and O–H groups in total. The Morgan fingerprint density at radius 3 is 2.30 bits per heavy atom. The van der Waals surface area contributed by atoms with Crippen molar-refractivity contribution in [1.29, 1.82) is 0 Å². The van der Waals surface area contributed by atoms with Gasteiger partial charge in [-0.15, -0.1) is 0 Å². The summed E-state index contributed by atoms with van der Waals surface area (Å²) in [6, 6.07) is 10.9. The summed E-state index contributed by atoms with van der Waals surface area (Å²) in [5, 5.41) is 9.75. The zero-order chi connectivity index (χ0) is 19.8. The molecule has 0 saturated heterocycles. The van der Waals surface area contributed by atoms with Crippen LogP contribution in [0.1, 0.15) is 23.6 Å². The highest BCUT2D eigenvalue weighted by molar-refractivity contribution is 7.86. The van der Waals surface area contributed by atoms with Gasteiger partial charge in [0.2, 0.25) is 0 Å². The van der Waals surface area contributed by atoms with E-state index in [1.54, 1.807) is 44.2 Å². The number of aromatic hydroxyl groups is 1. The van der Waals surface area contributed by atoms with Gasteiger partial charge in [0.05, 0.1) is 0 Å². The molecule has 1 aliphatic rings. The van der Waals surface area contributed by atoms with Gasteiger partial charge in [0.25, 0.3) is 10.1 Å². The minimum Gasteiger partial charge on any atom is -0.508 e. The van der Waals surface area contributed by atoms with Crippen molar-refractivity contribution >= 4 is 21.5 Å². The number of hydrogen-bond donors (Lipinski definition) is 2. The monoisotopic (exact) mass is 382 g/mol. The van der Waals surface area contributed by atoms with Crippen molar-refractivity contribution in [2.75, 3.05) is 0 Å². The lowest BCUT2D eigenvalue weighted by Crippen LogP contribution is -2.07. The number of phenolic OH excluding ortho intramolecular Hbond substituents is 1. The first kappa shape index (κ1) is 18.8. The lowest BCUT2D eigenvalue weighted by molar-refractivity contribution is -0.110. The number of ketones is 1. The maximum absolute atomic E-state index is 12.0. The minimum absolute atomic E-state index is 0.0882. The van der Waals surface area contributed by atoms with Crippen LogP contribution in [0, 0.1) is 6.92 Å². The van der Waals surface area contributed by atoms with Crippen LogP contribution in [0.2, 0.25) is 0 Å². The van der Waals surface area contributed by atoms with E-state index >= 15 is 0 Å². The highest BCUT2D eigenvalue weighted by Crippen LogP contribution is 2.37. The first-order valence-electron chi connectivity index (χ1n) is 8.20. The summed E-state index contributed by atoms with van der Waals surface area (Å²) < 4.78 is 33.6. The Kier molecular flexibility index (Phi) is 4.87. The fourth-order valence-electron chi connectivity index (χ4n) is 3.18. The second-order valence-electron chi connectivity index (χ2n) is 6.32. The fourth-order valence-corrected chi connectivity index (χ4v) is 3.88. The normalized spacial score (nSPS) is 16.3. The molecule has 0 unspecified atom stereocenters. The molecule has 0 saturated carbocycles. The van der Waals surface area contributed by atoms with Crippen molar-refractivity contribution < 1.29 is 22.9 Å². The first-order chi connectivity index (χ1) is 12.7. The summed E-state index contributed by atoms with van der Waals surface area (Å²) in [7, 11) is -4.47. The molecule has 0 amide bonds. The van der Waals surface area contributed by atoms with Crippen molar-refractivity contribution in [3.8, 4) is 5.75 Å². The average Bonchev–Trinajstić information content (AvgIpc) is 2.58. The molecular formula is C21H18O5S. The van der Waals surface area contributed by atoms with Gasteiger partial charge >= 0.3 is 0 Å². The summed E-state index contributed by atoms with van der Waals surface area (Å²) in [6.45, 7) is 3.56. The van der Waals surface area contributed by atoms with E-state index in [0.29, 0.717) is 27.8 Å². The van der Waals surface area contributed by atoms with Crippen LogP contribution in [0.5, 0.6) is 5.75 Å². The molecule has 0 spiro atoms. The molecule has 0 aliphatic heterocycles. The number of rotatable bonds is 3. The van der Waals surface area contributed by atoms with E-state index in [2.05, 4.69) is 0 Å². The molecule has 3 rings (SSSR count). The van der Waals surface area contributed by atoms with Gasteiger partial charge in [-0.3, -0.25) is 9.35 Å². The molecule has 0 radical (unpaired) electrons. The molecular weight excluding hydrogens is 364 g/mol. The summed E-state index contributed by atoms with van der Waals surface area (Å²) in [6.07, 6.45) is 4.52. The number of phenols is 1.